The fourth-order valence-corrected chi connectivity index (χ4v) is 9.55. The van der Waals surface area contributed by atoms with Crippen LogP contribution in [0.3, 0.4) is 0 Å². The van der Waals surface area contributed by atoms with Crippen LogP contribution in [0, 0.1) is 23.7 Å². The predicted octanol–water partition coefficient (Wildman–Crippen LogP) is 10.3. The van der Waals surface area contributed by atoms with Crippen molar-refractivity contribution in [3.05, 3.63) is 83.9 Å². The van der Waals surface area contributed by atoms with Crippen molar-refractivity contribution in [3.63, 3.8) is 0 Å². The molecule has 4 fully saturated rings. The van der Waals surface area contributed by atoms with Gasteiger partial charge >= 0.3 is 11.9 Å². The second-order valence-corrected chi connectivity index (χ2v) is 17.4. The highest BCUT2D eigenvalue weighted by atomic mass is 16.5. The average Bonchev–Trinajstić information content (AvgIpc) is 3.19. The number of aliphatic carboxylic acids is 1. The van der Waals surface area contributed by atoms with Gasteiger partial charge in [-0.15, -0.1) is 0 Å². The van der Waals surface area contributed by atoms with Gasteiger partial charge in [-0.1, -0.05) is 75.9 Å². The van der Waals surface area contributed by atoms with Crippen LogP contribution in [0.2, 0.25) is 0 Å². The van der Waals surface area contributed by atoms with Crippen molar-refractivity contribution in [2.45, 2.75) is 116 Å². The van der Waals surface area contributed by atoms with E-state index in [9.17, 15) is 9.59 Å². The third kappa shape index (κ3) is 11.1. The molecule has 8 nitrogen and oxygen atoms in total. The number of carbonyl (C=O) groups is 2. The van der Waals surface area contributed by atoms with Crippen molar-refractivity contribution in [3.8, 4) is 11.5 Å². The zero-order valence-corrected chi connectivity index (χ0v) is 34.5. The second-order valence-electron chi connectivity index (χ2n) is 17.4. The third-order valence-electron chi connectivity index (χ3n) is 12.9. The summed E-state index contributed by atoms with van der Waals surface area (Å²) in [6, 6.07) is 26.0. The Morgan fingerprint density at radius 3 is 1.39 bits per heavy atom. The Morgan fingerprint density at radius 2 is 0.982 bits per heavy atom. The Hall–Kier alpha value is -4.14. The summed E-state index contributed by atoms with van der Waals surface area (Å²) in [5.74, 6) is 2.85. The quantitative estimate of drug-likeness (QED) is 0.127. The lowest BCUT2D eigenvalue weighted by molar-refractivity contribution is -0.151. The monoisotopic (exact) mass is 776 g/mol. The summed E-state index contributed by atoms with van der Waals surface area (Å²) in [5, 5.41) is 13.9. The Labute approximate surface area is 339 Å². The highest BCUT2D eigenvalue weighted by molar-refractivity contribution is 5.85. The number of methoxy groups -OCH3 is 1. The second kappa shape index (κ2) is 19.5. The maximum atomic E-state index is 11.5. The number of fused-ring (bicyclic) bond motifs is 2. The normalized spacial score (nSPS) is 23.2. The molecule has 2 heterocycles. The fraction of sp³-hybridized carbons (Fsp3) is 0.551. The molecule has 8 heteroatoms. The number of hydrogen-bond donors (Lipinski definition) is 1. The van der Waals surface area contributed by atoms with Gasteiger partial charge in [-0.25, -0.2) is 0 Å². The number of carboxylic acids is 1. The molecule has 1 N–H and O–H groups in total. The first-order valence-electron chi connectivity index (χ1n) is 21.9. The highest BCUT2D eigenvalue weighted by Crippen LogP contribution is 2.33. The molecule has 0 bridgehead atoms. The van der Waals surface area contributed by atoms with Crippen molar-refractivity contribution in [1.29, 1.82) is 0 Å². The minimum atomic E-state index is -0.679. The van der Waals surface area contributed by atoms with Gasteiger partial charge in [0.2, 0.25) is 0 Å². The van der Waals surface area contributed by atoms with E-state index in [2.05, 4.69) is 96.4 Å². The Kier molecular flexibility index (Phi) is 14.1. The van der Waals surface area contributed by atoms with Gasteiger partial charge in [0.1, 0.15) is 11.5 Å². The summed E-state index contributed by atoms with van der Waals surface area (Å²) in [6.07, 6.45) is 16.0. The molecule has 4 aromatic carbocycles. The van der Waals surface area contributed by atoms with Gasteiger partial charge in [-0.05, 0) is 132 Å². The van der Waals surface area contributed by atoms with Crippen LogP contribution in [0.5, 0.6) is 11.5 Å². The number of hydrogen-bond acceptors (Lipinski definition) is 7. The molecule has 2 saturated heterocycles. The minimum absolute atomic E-state index is 0.0391. The van der Waals surface area contributed by atoms with Crippen molar-refractivity contribution >= 4 is 33.5 Å². The number of benzene rings is 4. The molecule has 8 rings (SSSR count). The standard InChI is InChI=1S/C25H33NO3.C24H31NO3/c1-3-4-18-6-10-23(11-7-18)29-24-12-9-20-13-19(5-8-21(20)14-24)15-26-16-22(17-26)25(27)28-2;1-2-3-17-5-9-22(10-6-17)28-23-11-8-19-12-18(4-7-20(19)13-23)14-25-15-21(16-25)24(26)27/h5,8-9,12-14,18,22-23H,3-4,6-7,10-11,15-17H2,1-2H3;4,7-8,11-13,17,21-22H,2-3,5-6,9-10,14-16H2,1H3,(H,26,27). The Bertz CT molecular complexity index is 1940. The molecule has 0 amide bonds. The fourth-order valence-electron chi connectivity index (χ4n) is 9.55. The van der Waals surface area contributed by atoms with Crippen LogP contribution in [0.4, 0.5) is 0 Å². The van der Waals surface area contributed by atoms with Crippen LogP contribution in [0.25, 0.3) is 21.5 Å². The number of likely N-dealkylation sites (tertiary alicyclic amines) is 2. The van der Waals surface area contributed by atoms with Gasteiger partial charge in [0.05, 0.1) is 31.2 Å². The van der Waals surface area contributed by atoms with E-state index in [4.69, 9.17) is 19.3 Å². The van der Waals surface area contributed by atoms with Gasteiger partial charge in [0.25, 0.3) is 0 Å². The lowest BCUT2D eigenvalue weighted by Crippen LogP contribution is -2.49. The minimum Gasteiger partial charge on any atom is -0.490 e. The summed E-state index contributed by atoms with van der Waals surface area (Å²) in [6.45, 7) is 9.14. The van der Waals surface area contributed by atoms with Crippen LogP contribution < -0.4 is 9.47 Å². The molecule has 0 aromatic heterocycles. The van der Waals surface area contributed by atoms with Crippen LogP contribution >= 0.6 is 0 Å². The summed E-state index contributed by atoms with van der Waals surface area (Å²) >= 11 is 0. The first-order chi connectivity index (χ1) is 27.7. The van der Waals surface area contributed by atoms with E-state index < -0.39 is 5.97 Å². The van der Waals surface area contributed by atoms with Crippen LogP contribution in [-0.4, -0.2) is 72.3 Å². The molecule has 0 atom stereocenters. The lowest BCUT2D eigenvalue weighted by Gasteiger charge is -2.37. The van der Waals surface area contributed by atoms with Crippen LogP contribution in [-0.2, 0) is 27.4 Å². The molecule has 2 aliphatic heterocycles. The van der Waals surface area contributed by atoms with Crippen molar-refractivity contribution in [2.24, 2.45) is 23.7 Å². The summed E-state index contributed by atoms with van der Waals surface area (Å²) < 4.78 is 17.4. The molecular weight excluding hydrogens is 713 g/mol. The van der Waals surface area contributed by atoms with E-state index >= 15 is 0 Å². The third-order valence-corrected chi connectivity index (χ3v) is 12.9. The Morgan fingerprint density at radius 1 is 0.579 bits per heavy atom. The molecule has 306 valence electrons. The Balaban J connectivity index is 0.000000174. The van der Waals surface area contributed by atoms with Gasteiger partial charge in [-0.3, -0.25) is 19.4 Å². The van der Waals surface area contributed by atoms with Gasteiger partial charge in [-0.2, -0.15) is 0 Å². The van der Waals surface area contributed by atoms with Gasteiger partial charge in [0, 0.05) is 39.3 Å². The van der Waals surface area contributed by atoms with Crippen molar-refractivity contribution < 1.29 is 28.9 Å². The first kappa shape index (κ1) is 41.0. The van der Waals surface area contributed by atoms with E-state index in [0.717, 1.165) is 49.5 Å². The topological polar surface area (TPSA) is 88.5 Å². The molecule has 0 unspecified atom stereocenters. The maximum absolute atomic E-state index is 11.5. The zero-order chi connectivity index (χ0) is 39.7. The molecular formula is C49H64N2O6. The molecule has 0 spiro atoms. The SMILES string of the molecule is CCCC1CCC(Oc2ccc3cc(CN4CC(C(=O)O)C4)ccc3c2)CC1.CCCC1CCC(Oc2ccc3cc(CN4CC(C(=O)OC)C4)ccc3c2)CC1. The summed E-state index contributed by atoms with van der Waals surface area (Å²) in [4.78, 5) is 26.9. The van der Waals surface area contributed by atoms with E-state index in [-0.39, 0.29) is 17.8 Å². The van der Waals surface area contributed by atoms with Crippen LogP contribution in [0.15, 0.2) is 72.8 Å². The highest BCUT2D eigenvalue weighted by Gasteiger charge is 2.34. The number of carboxylic acid groups (broad SMARTS) is 1. The van der Waals surface area contributed by atoms with Crippen molar-refractivity contribution in [2.75, 3.05) is 33.3 Å². The number of nitrogens with zero attached hydrogens (tertiary/aromatic N) is 2. The summed E-state index contributed by atoms with van der Waals surface area (Å²) in [5.41, 5.74) is 2.52. The number of rotatable bonds is 14. The zero-order valence-electron chi connectivity index (χ0n) is 34.5. The average molecular weight is 777 g/mol. The number of esters is 1. The molecule has 57 heavy (non-hydrogen) atoms. The van der Waals surface area contributed by atoms with E-state index in [1.54, 1.807) is 0 Å². The van der Waals surface area contributed by atoms with E-state index in [1.807, 2.05) is 0 Å². The van der Waals surface area contributed by atoms with Crippen LogP contribution in [0.1, 0.15) is 102 Å². The molecule has 2 saturated carbocycles. The van der Waals surface area contributed by atoms with E-state index in [0.29, 0.717) is 25.3 Å². The maximum Gasteiger partial charge on any atom is 0.311 e. The van der Waals surface area contributed by atoms with E-state index in [1.165, 1.54) is 117 Å². The first-order valence-corrected chi connectivity index (χ1v) is 21.9. The summed E-state index contributed by atoms with van der Waals surface area (Å²) in [7, 11) is 1.46. The number of carbonyl (C=O) groups excluding carboxylic acids is 1. The van der Waals surface area contributed by atoms with Crippen molar-refractivity contribution in [1.82, 2.24) is 9.80 Å². The smallest absolute Gasteiger partial charge is 0.311 e. The predicted molar refractivity (Wildman–Crippen MR) is 228 cm³/mol. The lowest BCUT2D eigenvalue weighted by atomic mass is 9.85. The molecule has 4 aliphatic rings. The molecule has 4 aromatic rings. The largest absolute Gasteiger partial charge is 0.490 e. The van der Waals surface area contributed by atoms with Gasteiger partial charge in [0.15, 0.2) is 0 Å². The molecule has 0 radical (unpaired) electrons. The number of ether oxygens (including phenoxy) is 3. The molecule has 2 aliphatic carbocycles. The van der Waals surface area contributed by atoms with Gasteiger partial charge < -0.3 is 19.3 Å².